The molecule has 5 nitrogen and oxygen atoms in total. The number of carbonyl (C=O) groups is 1. The topological polar surface area (TPSA) is 49.3 Å². The summed E-state index contributed by atoms with van der Waals surface area (Å²) in [4.78, 5) is 28.0. The number of fused-ring (bicyclic) bond motifs is 1. The van der Waals surface area contributed by atoms with Gasteiger partial charge >= 0.3 is 0 Å². The lowest BCUT2D eigenvalue weighted by Gasteiger charge is -2.35. The highest BCUT2D eigenvalue weighted by molar-refractivity contribution is 7.26. The van der Waals surface area contributed by atoms with Crippen molar-refractivity contribution in [3.63, 3.8) is 0 Å². The molecule has 0 radical (unpaired) electrons. The maximum absolute atomic E-state index is 12.9. The molecule has 3 aromatic heterocycles. The fourth-order valence-electron chi connectivity index (χ4n) is 3.38. The number of rotatable bonds is 3. The van der Waals surface area contributed by atoms with Crippen LogP contribution in [0.4, 0.5) is 5.82 Å². The molecule has 140 valence electrons. The van der Waals surface area contributed by atoms with Crippen LogP contribution < -0.4 is 4.90 Å². The van der Waals surface area contributed by atoms with Crippen molar-refractivity contribution in [3.05, 3.63) is 65.7 Å². The molecule has 7 heteroatoms. The van der Waals surface area contributed by atoms with Gasteiger partial charge in [-0.2, -0.15) is 0 Å². The average molecular weight is 407 g/mol. The predicted molar refractivity (Wildman–Crippen MR) is 115 cm³/mol. The molecule has 0 bridgehead atoms. The molecular weight excluding hydrogens is 388 g/mol. The first-order chi connectivity index (χ1) is 13.8. The quantitative estimate of drug-likeness (QED) is 0.507. The zero-order valence-electron chi connectivity index (χ0n) is 15.1. The number of hydrogen-bond acceptors (Lipinski definition) is 6. The van der Waals surface area contributed by atoms with Gasteiger partial charge in [0.15, 0.2) is 0 Å². The van der Waals surface area contributed by atoms with E-state index in [0.29, 0.717) is 13.1 Å². The second-order valence-corrected chi connectivity index (χ2v) is 8.73. The zero-order valence-corrected chi connectivity index (χ0v) is 16.7. The van der Waals surface area contributed by atoms with E-state index in [1.165, 1.54) is 16.0 Å². The Morgan fingerprint density at radius 2 is 1.71 bits per heavy atom. The lowest BCUT2D eigenvalue weighted by atomic mass is 10.3. The van der Waals surface area contributed by atoms with Crippen LogP contribution in [0.3, 0.4) is 0 Å². The van der Waals surface area contributed by atoms with Gasteiger partial charge in [-0.15, -0.1) is 22.7 Å². The van der Waals surface area contributed by atoms with Gasteiger partial charge in [0.2, 0.25) is 0 Å². The SMILES string of the molecule is O=C(c1ccc(-c2nc3ccccc3s2)s1)N1CCN(c2ccccn2)CC1. The molecule has 0 atom stereocenters. The molecule has 1 aromatic carbocycles. The monoisotopic (exact) mass is 406 g/mol. The van der Waals surface area contributed by atoms with E-state index >= 15 is 0 Å². The largest absolute Gasteiger partial charge is 0.353 e. The Hall–Kier alpha value is -2.77. The van der Waals surface area contributed by atoms with Crippen LogP contribution in [0.2, 0.25) is 0 Å². The van der Waals surface area contributed by atoms with Crippen molar-refractivity contribution in [3.8, 4) is 9.88 Å². The van der Waals surface area contributed by atoms with E-state index in [1.54, 1.807) is 11.3 Å². The van der Waals surface area contributed by atoms with E-state index in [-0.39, 0.29) is 5.91 Å². The Balaban J connectivity index is 1.29. The molecule has 28 heavy (non-hydrogen) atoms. The van der Waals surface area contributed by atoms with E-state index < -0.39 is 0 Å². The third-order valence-corrected chi connectivity index (χ3v) is 7.14. The molecule has 0 aliphatic carbocycles. The third-order valence-electron chi connectivity index (χ3n) is 4.86. The minimum Gasteiger partial charge on any atom is -0.353 e. The van der Waals surface area contributed by atoms with Crippen LogP contribution in [0.15, 0.2) is 60.8 Å². The Morgan fingerprint density at radius 3 is 2.50 bits per heavy atom. The smallest absolute Gasteiger partial charge is 0.264 e. The number of benzene rings is 1. The average Bonchev–Trinajstić information content (AvgIpc) is 3.41. The lowest BCUT2D eigenvalue weighted by Crippen LogP contribution is -2.48. The van der Waals surface area contributed by atoms with Gasteiger partial charge in [0.05, 0.1) is 20.0 Å². The summed E-state index contributed by atoms with van der Waals surface area (Å²) in [6.07, 6.45) is 1.81. The molecule has 4 heterocycles. The standard InChI is InChI=1S/C21H18N4OS2/c26-21(25-13-11-24(12-14-25)19-7-3-4-10-22-19)18-9-8-17(27-18)20-23-15-5-1-2-6-16(15)28-20/h1-10H,11-14H2. The van der Waals surface area contributed by atoms with Gasteiger partial charge in [-0.05, 0) is 36.4 Å². The molecule has 0 unspecified atom stereocenters. The van der Waals surface area contributed by atoms with Gasteiger partial charge in [0, 0.05) is 32.4 Å². The summed E-state index contributed by atoms with van der Waals surface area (Å²) in [5.74, 6) is 1.09. The second-order valence-electron chi connectivity index (χ2n) is 6.62. The van der Waals surface area contributed by atoms with Crippen LogP contribution in [0, 0.1) is 0 Å². The van der Waals surface area contributed by atoms with Crippen LogP contribution in [0.5, 0.6) is 0 Å². The minimum absolute atomic E-state index is 0.109. The summed E-state index contributed by atoms with van der Waals surface area (Å²) in [5.41, 5.74) is 1.01. The van der Waals surface area contributed by atoms with Crippen molar-refractivity contribution < 1.29 is 4.79 Å². The summed E-state index contributed by atoms with van der Waals surface area (Å²) in [7, 11) is 0. The van der Waals surface area contributed by atoms with E-state index in [2.05, 4.69) is 16.0 Å². The Morgan fingerprint density at radius 1 is 0.893 bits per heavy atom. The maximum Gasteiger partial charge on any atom is 0.264 e. The van der Waals surface area contributed by atoms with Crippen LogP contribution in [0.25, 0.3) is 20.1 Å². The zero-order chi connectivity index (χ0) is 18.9. The van der Waals surface area contributed by atoms with Crippen molar-refractivity contribution in [1.29, 1.82) is 0 Å². The molecule has 4 aromatic rings. The number of carbonyl (C=O) groups excluding carboxylic acids is 1. The molecular formula is C21H18N4OS2. The number of nitrogens with zero attached hydrogens (tertiary/aromatic N) is 4. The molecule has 0 saturated carbocycles. The van der Waals surface area contributed by atoms with Gasteiger partial charge in [0.25, 0.3) is 5.91 Å². The normalized spacial score (nSPS) is 14.6. The molecule has 1 aliphatic heterocycles. The lowest BCUT2D eigenvalue weighted by molar-refractivity contribution is 0.0751. The highest BCUT2D eigenvalue weighted by Gasteiger charge is 2.24. The van der Waals surface area contributed by atoms with Crippen LogP contribution in [-0.4, -0.2) is 47.0 Å². The van der Waals surface area contributed by atoms with Gasteiger partial charge in [-0.1, -0.05) is 18.2 Å². The summed E-state index contributed by atoms with van der Waals surface area (Å²) in [5, 5.41) is 0.977. The van der Waals surface area contributed by atoms with Crippen molar-refractivity contribution >= 4 is 44.6 Å². The number of para-hydroxylation sites is 1. The Labute approximate surface area is 170 Å². The molecule has 0 spiro atoms. The van der Waals surface area contributed by atoms with Crippen molar-refractivity contribution in [2.75, 3.05) is 31.1 Å². The number of thiazole rings is 1. The number of aromatic nitrogens is 2. The third kappa shape index (κ3) is 3.27. The predicted octanol–water partition coefficient (Wildman–Crippen LogP) is 4.38. The van der Waals surface area contributed by atoms with Crippen LogP contribution >= 0.6 is 22.7 Å². The number of amides is 1. The molecule has 1 amide bonds. The van der Waals surface area contributed by atoms with E-state index in [4.69, 9.17) is 4.98 Å². The molecule has 0 N–H and O–H groups in total. The fourth-order valence-corrected chi connectivity index (χ4v) is 5.37. The van der Waals surface area contributed by atoms with E-state index in [9.17, 15) is 4.79 Å². The van der Waals surface area contributed by atoms with Gasteiger partial charge in [-0.25, -0.2) is 9.97 Å². The number of anilines is 1. The summed E-state index contributed by atoms with van der Waals surface area (Å²) >= 11 is 3.20. The van der Waals surface area contributed by atoms with Gasteiger partial charge < -0.3 is 9.80 Å². The molecule has 1 saturated heterocycles. The van der Waals surface area contributed by atoms with Crippen LogP contribution in [-0.2, 0) is 0 Å². The minimum atomic E-state index is 0.109. The van der Waals surface area contributed by atoms with Crippen molar-refractivity contribution in [1.82, 2.24) is 14.9 Å². The fraction of sp³-hybridized carbons (Fsp3) is 0.190. The summed E-state index contributed by atoms with van der Waals surface area (Å²) in [6.45, 7) is 3.03. The Bertz CT molecular complexity index is 1080. The Kier molecular flexibility index (Phi) is 4.54. The first kappa shape index (κ1) is 17.3. The number of piperazine rings is 1. The second kappa shape index (κ2) is 7.33. The summed E-state index contributed by atoms with van der Waals surface area (Å²) in [6, 6.07) is 18.0. The number of thiophene rings is 1. The molecule has 1 fully saturated rings. The van der Waals surface area contributed by atoms with E-state index in [0.717, 1.165) is 39.2 Å². The van der Waals surface area contributed by atoms with Crippen LogP contribution in [0.1, 0.15) is 9.67 Å². The highest BCUT2D eigenvalue weighted by atomic mass is 32.1. The molecule has 5 rings (SSSR count). The number of pyridine rings is 1. The molecule has 1 aliphatic rings. The highest BCUT2D eigenvalue weighted by Crippen LogP contribution is 2.34. The first-order valence-corrected chi connectivity index (χ1v) is 10.8. The van der Waals surface area contributed by atoms with Crippen molar-refractivity contribution in [2.45, 2.75) is 0 Å². The summed E-state index contributed by atoms with van der Waals surface area (Å²) < 4.78 is 1.17. The maximum atomic E-state index is 12.9. The van der Waals surface area contributed by atoms with Gasteiger partial charge in [-0.3, -0.25) is 4.79 Å². The number of hydrogen-bond donors (Lipinski definition) is 0. The first-order valence-electron chi connectivity index (χ1n) is 9.19. The van der Waals surface area contributed by atoms with Gasteiger partial charge in [0.1, 0.15) is 10.8 Å². The van der Waals surface area contributed by atoms with Crippen molar-refractivity contribution in [2.24, 2.45) is 0 Å². The van der Waals surface area contributed by atoms with E-state index in [1.807, 2.05) is 59.6 Å².